The molecule has 5 heteroatoms. The van der Waals surface area contributed by atoms with Crippen LogP contribution in [0.25, 0.3) is 0 Å². The molecule has 1 rings (SSSR count). The standard InChI is InChI=1S/C20H30N2O3/c1-5-8-9-12-20(4,25-7-3)19(23)22-18-11-10-17(24-13-6-2)14-16(18)15-21/h10-11,14H,5-9,12-13H2,1-4H3,(H,22,23)/t20-/m0/s1. The van der Waals surface area contributed by atoms with Crippen molar-refractivity contribution in [1.29, 1.82) is 5.26 Å². The van der Waals surface area contributed by atoms with Crippen molar-refractivity contribution in [2.24, 2.45) is 0 Å². The van der Waals surface area contributed by atoms with Crippen molar-refractivity contribution in [3.63, 3.8) is 0 Å². The van der Waals surface area contributed by atoms with Crippen molar-refractivity contribution in [3.8, 4) is 11.8 Å². The van der Waals surface area contributed by atoms with E-state index in [1.807, 2.05) is 20.8 Å². The molecule has 0 radical (unpaired) electrons. The molecule has 1 amide bonds. The Kier molecular flexibility index (Phi) is 9.01. The molecule has 0 unspecified atom stereocenters. The number of unbranched alkanes of at least 4 members (excludes halogenated alkanes) is 2. The monoisotopic (exact) mass is 346 g/mol. The van der Waals surface area contributed by atoms with Crippen LogP contribution in [0.5, 0.6) is 5.75 Å². The second-order valence-corrected chi connectivity index (χ2v) is 6.24. The predicted octanol–water partition coefficient (Wildman–Crippen LogP) is 4.66. The fraction of sp³-hybridized carbons (Fsp3) is 0.600. The number of ether oxygens (including phenoxy) is 2. The molecule has 5 nitrogen and oxygen atoms in total. The van der Waals surface area contributed by atoms with Gasteiger partial charge >= 0.3 is 0 Å². The number of nitrogens with one attached hydrogen (secondary N) is 1. The minimum Gasteiger partial charge on any atom is -0.494 e. The highest BCUT2D eigenvalue weighted by Gasteiger charge is 2.33. The lowest BCUT2D eigenvalue weighted by molar-refractivity contribution is -0.139. The van der Waals surface area contributed by atoms with E-state index in [4.69, 9.17) is 9.47 Å². The van der Waals surface area contributed by atoms with Gasteiger partial charge in [-0.3, -0.25) is 4.79 Å². The minimum absolute atomic E-state index is 0.218. The number of benzene rings is 1. The molecule has 0 spiro atoms. The van der Waals surface area contributed by atoms with Crippen LogP contribution in [0.15, 0.2) is 18.2 Å². The van der Waals surface area contributed by atoms with Crippen LogP contribution in [0.4, 0.5) is 5.69 Å². The summed E-state index contributed by atoms with van der Waals surface area (Å²) in [4.78, 5) is 12.8. The Hall–Kier alpha value is -2.06. The van der Waals surface area contributed by atoms with Gasteiger partial charge in [0.25, 0.3) is 5.91 Å². The topological polar surface area (TPSA) is 71.3 Å². The molecule has 1 N–H and O–H groups in total. The quantitative estimate of drug-likeness (QED) is 0.591. The van der Waals surface area contributed by atoms with Gasteiger partial charge in [-0.1, -0.05) is 33.1 Å². The van der Waals surface area contributed by atoms with Crippen LogP contribution in [-0.2, 0) is 9.53 Å². The normalized spacial score (nSPS) is 12.9. The van der Waals surface area contributed by atoms with E-state index in [0.717, 1.165) is 25.7 Å². The lowest BCUT2D eigenvalue weighted by Crippen LogP contribution is -2.43. The fourth-order valence-electron chi connectivity index (χ4n) is 2.57. The van der Waals surface area contributed by atoms with E-state index in [1.165, 1.54) is 0 Å². The number of nitriles is 1. The maximum Gasteiger partial charge on any atom is 0.256 e. The minimum atomic E-state index is -0.895. The predicted molar refractivity (Wildman–Crippen MR) is 99.7 cm³/mol. The number of hydrogen-bond acceptors (Lipinski definition) is 4. The van der Waals surface area contributed by atoms with Crippen LogP contribution in [-0.4, -0.2) is 24.7 Å². The zero-order chi connectivity index (χ0) is 18.7. The maximum absolute atomic E-state index is 12.8. The lowest BCUT2D eigenvalue weighted by atomic mass is 9.96. The van der Waals surface area contributed by atoms with Crippen molar-refractivity contribution >= 4 is 11.6 Å². The number of hydrogen-bond donors (Lipinski definition) is 1. The first-order valence-electron chi connectivity index (χ1n) is 9.13. The van der Waals surface area contributed by atoms with E-state index < -0.39 is 5.60 Å². The van der Waals surface area contributed by atoms with E-state index in [9.17, 15) is 10.1 Å². The molecule has 25 heavy (non-hydrogen) atoms. The Labute approximate surface area is 151 Å². The van der Waals surface area contributed by atoms with Gasteiger partial charge in [-0.2, -0.15) is 5.26 Å². The molecule has 0 aliphatic heterocycles. The van der Waals surface area contributed by atoms with Crippen molar-refractivity contribution < 1.29 is 14.3 Å². The number of carbonyl (C=O) groups excluding carboxylic acids is 1. The maximum atomic E-state index is 12.8. The third-order valence-corrected chi connectivity index (χ3v) is 4.03. The van der Waals surface area contributed by atoms with Crippen molar-refractivity contribution in [2.45, 2.75) is 65.4 Å². The molecule has 1 aromatic rings. The van der Waals surface area contributed by atoms with Crippen LogP contribution in [0.3, 0.4) is 0 Å². The van der Waals surface area contributed by atoms with E-state index >= 15 is 0 Å². The number of carbonyl (C=O) groups is 1. The smallest absolute Gasteiger partial charge is 0.256 e. The van der Waals surface area contributed by atoms with Gasteiger partial charge in [0.15, 0.2) is 0 Å². The van der Waals surface area contributed by atoms with Crippen LogP contribution < -0.4 is 10.1 Å². The highest BCUT2D eigenvalue weighted by Crippen LogP contribution is 2.26. The Morgan fingerprint density at radius 1 is 1.24 bits per heavy atom. The average molecular weight is 346 g/mol. The summed E-state index contributed by atoms with van der Waals surface area (Å²) in [5.74, 6) is 0.413. The summed E-state index contributed by atoms with van der Waals surface area (Å²) in [6.45, 7) is 8.89. The number of rotatable bonds is 11. The zero-order valence-corrected chi connectivity index (χ0v) is 15.9. The molecular formula is C20H30N2O3. The van der Waals surface area contributed by atoms with Crippen LogP contribution in [0.2, 0.25) is 0 Å². The van der Waals surface area contributed by atoms with Crippen molar-refractivity contribution in [1.82, 2.24) is 0 Å². The van der Waals surface area contributed by atoms with Crippen LogP contribution >= 0.6 is 0 Å². The molecule has 1 aromatic carbocycles. The molecule has 138 valence electrons. The summed E-state index contributed by atoms with van der Waals surface area (Å²) < 4.78 is 11.3. The third kappa shape index (κ3) is 6.39. The molecule has 0 aliphatic rings. The van der Waals surface area contributed by atoms with E-state index in [-0.39, 0.29) is 5.91 Å². The molecular weight excluding hydrogens is 316 g/mol. The summed E-state index contributed by atoms with van der Waals surface area (Å²) in [5, 5.41) is 12.2. The molecule has 0 fully saturated rings. The Morgan fingerprint density at radius 2 is 2.00 bits per heavy atom. The van der Waals surface area contributed by atoms with Gasteiger partial charge in [0.05, 0.1) is 17.9 Å². The molecule has 0 saturated carbocycles. The van der Waals surface area contributed by atoms with Gasteiger partial charge in [-0.25, -0.2) is 0 Å². The first-order valence-corrected chi connectivity index (χ1v) is 9.13. The number of anilines is 1. The largest absolute Gasteiger partial charge is 0.494 e. The van der Waals surface area contributed by atoms with Gasteiger partial charge in [0.1, 0.15) is 17.4 Å². The zero-order valence-electron chi connectivity index (χ0n) is 15.9. The Balaban J connectivity index is 2.90. The summed E-state index contributed by atoms with van der Waals surface area (Å²) in [7, 11) is 0. The fourth-order valence-corrected chi connectivity index (χ4v) is 2.57. The molecule has 0 saturated heterocycles. The first kappa shape index (κ1) is 21.0. The van der Waals surface area contributed by atoms with Gasteiger partial charge < -0.3 is 14.8 Å². The summed E-state index contributed by atoms with van der Waals surface area (Å²) >= 11 is 0. The second-order valence-electron chi connectivity index (χ2n) is 6.24. The Morgan fingerprint density at radius 3 is 2.60 bits per heavy atom. The number of nitrogens with zero attached hydrogens (tertiary/aromatic N) is 1. The highest BCUT2D eigenvalue weighted by molar-refractivity contribution is 5.98. The number of amides is 1. The summed E-state index contributed by atoms with van der Waals surface area (Å²) in [5.41, 5.74) is -0.0271. The lowest BCUT2D eigenvalue weighted by Gasteiger charge is -2.28. The van der Waals surface area contributed by atoms with Crippen molar-refractivity contribution in [2.75, 3.05) is 18.5 Å². The van der Waals surface area contributed by atoms with Crippen molar-refractivity contribution in [3.05, 3.63) is 23.8 Å². The summed E-state index contributed by atoms with van der Waals surface area (Å²) in [6, 6.07) is 7.24. The molecule has 0 bridgehead atoms. The van der Waals surface area contributed by atoms with Gasteiger partial charge in [0.2, 0.25) is 0 Å². The van der Waals surface area contributed by atoms with Gasteiger partial charge in [0, 0.05) is 6.61 Å². The average Bonchev–Trinajstić information content (AvgIpc) is 2.61. The molecule has 1 atom stereocenters. The SMILES string of the molecule is CCCCC[C@](C)(OCC)C(=O)Nc1ccc(OCCC)cc1C#N. The second kappa shape index (κ2) is 10.7. The van der Waals surface area contributed by atoms with Gasteiger partial charge in [-0.15, -0.1) is 0 Å². The highest BCUT2D eigenvalue weighted by atomic mass is 16.5. The van der Waals surface area contributed by atoms with E-state index in [0.29, 0.717) is 36.6 Å². The molecule has 0 aromatic heterocycles. The van der Waals surface area contributed by atoms with E-state index in [2.05, 4.69) is 18.3 Å². The van der Waals surface area contributed by atoms with Gasteiger partial charge in [-0.05, 0) is 44.9 Å². The Bertz CT molecular complexity index is 595. The third-order valence-electron chi connectivity index (χ3n) is 4.03. The van der Waals surface area contributed by atoms with Crippen LogP contribution in [0, 0.1) is 11.3 Å². The molecule has 0 aliphatic carbocycles. The van der Waals surface area contributed by atoms with E-state index in [1.54, 1.807) is 18.2 Å². The summed E-state index contributed by atoms with van der Waals surface area (Å²) in [6.07, 6.45) is 4.62. The van der Waals surface area contributed by atoms with Crippen LogP contribution in [0.1, 0.15) is 65.4 Å². The first-order chi connectivity index (χ1) is 12.0. The molecule has 0 heterocycles.